The fourth-order valence-corrected chi connectivity index (χ4v) is 3.83. The molecule has 1 heterocycles. The molecule has 1 atom stereocenters. The number of nitrogens with zero attached hydrogens (tertiary/aromatic N) is 2. The number of hydrogen-bond acceptors (Lipinski definition) is 4. The van der Waals surface area contributed by atoms with Crippen LogP contribution >= 0.6 is 11.6 Å². The highest BCUT2D eigenvalue weighted by Gasteiger charge is 2.27. The second-order valence-corrected chi connectivity index (χ2v) is 7.13. The molecule has 0 spiro atoms. The first-order valence-corrected chi connectivity index (χ1v) is 8.08. The van der Waals surface area contributed by atoms with Crippen molar-refractivity contribution in [2.45, 2.75) is 30.5 Å². The van der Waals surface area contributed by atoms with Crippen molar-refractivity contribution in [1.29, 1.82) is 0 Å². The Morgan fingerprint density at radius 2 is 1.84 bits per heavy atom. The number of fused-ring (bicyclic) bond motifs is 1. The van der Waals surface area contributed by atoms with Crippen LogP contribution in [-0.4, -0.2) is 29.7 Å². The maximum atomic E-state index is 12.5. The summed E-state index contributed by atoms with van der Waals surface area (Å²) >= 11 is 5.63. The van der Waals surface area contributed by atoms with Crippen LogP contribution in [0.1, 0.15) is 19.0 Å². The Labute approximate surface area is 117 Å². The monoisotopic (exact) mass is 298 g/mol. The highest BCUT2D eigenvalue weighted by atomic mass is 35.5. The maximum Gasteiger partial charge on any atom is 0.200 e. The molecule has 0 aliphatic rings. The highest BCUT2D eigenvalue weighted by molar-refractivity contribution is 7.92. The summed E-state index contributed by atoms with van der Waals surface area (Å²) in [5.41, 5.74) is 0.722. The first-order chi connectivity index (χ1) is 8.98. The Bertz CT molecular complexity index is 701. The Kier molecular flexibility index (Phi) is 4.06. The number of hydrogen-bond donors (Lipinski definition) is 0. The molecule has 2 aromatic rings. The first-order valence-electron chi connectivity index (χ1n) is 6.00. The Hall–Kier alpha value is -1.20. The minimum atomic E-state index is -3.50. The molecule has 1 unspecified atom stereocenters. The van der Waals surface area contributed by atoms with Gasteiger partial charge in [0.15, 0.2) is 5.03 Å². The Morgan fingerprint density at radius 3 is 2.47 bits per heavy atom. The van der Waals surface area contributed by atoms with Crippen molar-refractivity contribution in [2.24, 2.45) is 0 Å². The van der Waals surface area contributed by atoms with Crippen molar-refractivity contribution in [2.75, 3.05) is 5.88 Å². The van der Waals surface area contributed by atoms with Gasteiger partial charge in [0.05, 0.1) is 10.9 Å². The van der Waals surface area contributed by atoms with E-state index in [1.165, 1.54) is 0 Å². The van der Waals surface area contributed by atoms with Crippen LogP contribution in [0.4, 0.5) is 0 Å². The van der Waals surface area contributed by atoms with E-state index < -0.39 is 15.1 Å². The van der Waals surface area contributed by atoms with Crippen LogP contribution in [0.25, 0.3) is 10.8 Å². The summed E-state index contributed by atoms with van der Waals surface area (Å²) in [4.78, 5) is 0. The molecular formula is C13H15ClN2O2S. The predicted octanol–water partition coefficient (Wildman–Crippen LogP) is 2.73. The van der Waals surface area contributed by atoms with E-state index in [0.29, 0.717) is 17.7 Å². The predicted molar refractivity (Wildman–Crippen MR) is 76.3 cm³/mol. The van der Waals surface area contributed by atoms with Gasteiger partial charge in [0, 0.05) is 16.7 Å². The van der Waals surface area contributed by atoms with Gasteiger partial charge in [0.25, 0.3) is 0 Å². The van der Waals surface area contributed by atoms with Crippen LogP contribution in [0, 0.1) is 6.92 Å². The van der Waals surface area contributed by atoms with Gasteiger partial charge in [-0.1, -0.05) is 24.3 Å². The molecule has 0 aliphatic heterocycles. The van der Waals surface area contributed by atoms with E-state index in [4.69, 9.17) is 11.6 Å². The van der Waals surface area contributed by atoms with Crippen LogP contribution in [-0.2, 0) is 9.84 Å². The average molecular weight is 299 g/mol. The molecule has 102 valence electrons. The largest absolute Gasteiger partial charge is 0.222 e. The second kappa shape index (κ2) is 5.43. The smallest absolute Gasteiger partial charge is 0.200 e. The van der Waals surface area contributed by atoms with Crippen molar-refractivity contribution >= 4 is 32.2 Å². The summed E-state index contributed by atoms with van der Waals surface area (Å²) in [6.07, 6.45) is 0.397. The lowest BCUT2D eigenvalue weighted by Crippen LogP contribution is -2.20. The summed E-state index contributed by atoms with van der Waals surface area (Å²) in [7, 11) is -3.50. The lowest BCUT2D eigenvalue weighted by Gasteiger charge is -2.12. The van der Waals surface area contributed by atoms with Gasteiger partial charge in [-0.2, -0.15) is 5.10 Å². The third-order valence-electron chi connectivity index (χ3n) is 3.15. The fraction of sp³-hybridized carbons (Fsp3) is 0.385. The zero-order chi connectivity index (χ0) is 14.0. The van der Waals surface area contributed by atoms with Crippen LogP contribution in [0.15, 0.2) is 29.3 Å². The summed E-state index contributed by atoms with van der Waals surface area (Å²) in [5.74, 6) is 0.303. The number of sulfone groups is 1. The molecular weight excluding hydrogens is 284 g/mol. The van der Waals surface area contributed by atoms with E-state index in [0.717, 1.165) is 11.1 Å². The third-order valence-corrected chi connectivity index (χ3v) is 5.51. The number of alkyl halides is 1. The quantitative estimate of drug-likeness (QED) is 0.814. The van der Waals surface area contributed by atoms with Crippen LogP contribution in [0.2, 0.25) is 0 Å². The van der Waals surface area contributed by atoms with Crippen molar-refractivity contribution in [1.82, 2.24) is 10.2 Å². The number of halogens is 1. The van der Waals surface area contributed by atoms with Crippen molar-refractivity contribution < 1.29 is 8.42 Å². The van der Waals surface area contributed by atoms with E-state index in [1.54, 1.807) is 19.1 Å². The minimum Gasteiger partial charge on any atom is -0.222 e. The lowest BCUT2D eigenvalue weighted by atomic mass is 10.1. The SMILES string of the molecule is Cc1nnc(S(=O)(=O)C(C)CCCl)c2ccccc12. The molecule has 0 bridgehead atoms. The van der Waals surface area contributed by atoms with Gasteiger partial charge in [-0.25, -0.2) is 8.42 Å². The van der Waals surface area contributed by atoms with Crippen molar-refractivity contribution in [3.63, 3.8) is 0 Å². The lowest BCUT2D eigenvalue weighted by molar-refractivity contribution is 0.576. The van der Waals surface area contributed by atoms with E-state index in [9.17, 15) is 8.42 Å². The van der Waals surface area contributed by atoms with Gasteiger partial charge < -0.3 is 0 Å². The van der Waals surface area contributed by atoms with Crippen molar-refractivity contribution in [3.05, 3.63) is 30.0 Å². The summed E-state index contributed by atoms with van der Waals surface area (Å²) in [6.45, 7) is 3.46. The van der Waals surface area contributed by atoms with Gasteiger partial charge in [-0.3, -0.25) is 0 Å². The molecule has 4 nitrogen and oxygen atoms in total. The third kappa shape index (κ3) is 2.58. The Morgan fingerprint density at radius 1 is 1.21 bits per heavy atom. The number of benzene rings is 1. The van der Waals surface area contributed by atoms with Gasteiger partial charge in [-0.05, 0) is 20.3 Å². The topological polar surface area (TPSA) is 59.9 Å². The van der Waals surface area contributed by atoms with E-state index in [2.05, 4.69) is 10.2 Å². The molecule has 2 rings (SSSR count). The summed E-state index contributed by atoms with van der Waals surface area (Å²) in [6, 6.07) is 7.27. The fourth-order valence-electron chi connectivity index (χ4n) is 1.92. The standard InChI is InChI=1S/C13H15ClN2O2S/c1-9(7-8-14)19(17,18)13-12-6-4-3-5-11(12)10(2)15-16-13/h3-6,9H,7-8H2,1-2H3. The van der Waals surface area contributed by atoms with E-state index in [1.807, 2.05) is 19.1 Å². The molecule has 1 aromatic heterocycles. The van der Waals surface area contributed by atoms with Crippen LogP contribution < -0.4 is 0 Å². The van der Waals surface area contributed by atoms with E-state index in [-0.39, 0.29) is 5.03 Å². The summed E-state index contributed by atoms with van der Waals surface area (Å²) in [5, 5.41) is 8.77. The molecule has 1 aromatic carbocycles. The van der Waals surface area contributed by atoms with Gasteiger partial charge >= 0.3 is 0 Å². The second-order valence-electron chi connectivity index (χ2n) is 4.47. The number of rotatable bonds is 4. The molecule has 19 heavy (non-hydrogen) atoms. The minimum absolute atomic E-state index is 0.0475. The molecule has 6 heteroatoms. The normalized spacial score (nSPS) is 13.6. The van der Waals surface area contributed by atoms with Gasteiger partial charge in [0.1, 0.15) is 0 Å². The van der Waals surface area contributed by atoms with Crippen LogP contribution in [0.5, 0.6) is 0 Å². The molecule has 0 amide bonds. The Balaban J connectivity index is 2.67. The zero-order valence-electron chi connectivity index (χ0n) is 10.8. The molecule has 0 saturated carbocycles. The zero-order valence-corrected chi connectivity index (χ0v) is 12.4. The molecule has 0 fully saturated rings. The molecule has 0 radical (unpaired) electrons. The maximum absolute atomic E-state index is 12.5. The van der Waals surface area contributed by atoms with Crippen LogP contribution in [0.3, 0.4) is 0 Å². The number of aryl methyl sites for hydroxylation is 1. The first kappa shape index (κ1) is 14.2. The molecule has 0 saturated heterocycles. The van der Waals surface area contributed by atoms with E-state index >= 15 is 0 Å². The van der Waals surface area contributed by atoms with Gasteiger partial charge in [-0.15, -0.1) is 16.7 Å². The average Bonchev–Trinajstić information content (AvgIpc) is 2.39. The molecule has 0 N–H and O–H groups in total. The summed E-state index contributed by atoms with van der Waals surface area (Å²) < 4.78 is 25.0. The number of aromatic nitrogens is 2. The van der Waals surface area contributed by atoms with Gasteiger partial charge in [0.2, 0.25) is 9.84 Å². The van der Waals surface area contributed by atoms with Crippen molar-refractivity contribution in [3.8, 4) is 0 Å². The highest BCUT2D eigenvalue weighted by Crippen LogP contribution is 2.25. The molecule has 0 aliphatic carbocycles.